The molecule has 0 unspecified atom stereocenters. The maximum atomic E-state index is 13.8. The SMILES string of the molecule is CN1CCN(Cc2cc(NC(=O)c3ccc(C4CC4)c(C#Cc4cnc5cnccn45)c3)cc(C(F)(F)F)c2)CC1. The van der Waals surface area contributed by atoms with Crippen molar-refractivity contribution in [3.8, 4) is 11.8 Å². The molecule has 2 aromatic heterocycles. The number of nitrogens with one attached hydrogen (secondary N) is 1. The number of carbonyl (C=O) groups excluding carboxylic acids is 1. The van der Waals surface area contributed by atoms with Crippen molar-refractivity contribution < 1.29 is 18.0 Å². The van der Waals surface area contributed by atoms with E-state index in [1.165, 1.54) is 6.07 Å². The molecule has 7 nitrogen and oxygen atoms in total. The molecule has 0 bridgehead atoms. The third-order valence-corrected chi connectivity index (χ3v) is 7.56. The molecule has 1 saturated heterocycles. The number of imidazole rings is 1. The first kappa shape index (κ1) is 27.0. The second kappa shape index (κ2) is 11.0. The predicted octanol–water partition coefficient (Wildman–Crippen LogP) is 5.03. The molecule has 210 valence electrons. The summed E-state index contributed by atoms with van der Waals surface area (Å²) >= 11 is 0. The molecule has 2 aromatic carbocycles. The highest BCUT2D eigenvalue weighted by atomic mass is 19.4. The molecular weight excluding hydrogens is 529 g/mol. The van der Waals surface area contributed by atoms with Crippen LogP contribution in [0.5, 0.6) is 0 Å². The molecule has 1 aliphatic heterocycles. The number of likely N-dealkylation sites (N-methyl/N-ethyl adjacent to an activating group) is 1. The number of carbonyl (C=O) groups is 1. The molecular formula is C31H29F3N6O. The molecule has 1 saturated carbocycles. The van der Waals surface area contributed by atoms with Crippen molar-refractivity contribution in [2.24, 2.45) is 0 Å². The summed E-state index contributed by atoms with van der Waals surface area (Å²) in [6.45, 7) is 3.66. The van der Waals surface area contributed by atoms with E-state index in [4.69, 9.17) is 0 Å². The molecule has 4 aromatic rings. The third kappa shape index (κ3) is 6.26. The summed E-state index contributed by atoms with van der Waals surface area (Å²) in [5, 5.41) is 2.71. The van der Waals surface area contributed by atoms with Gasteiger partial charge in [0.25, 0.3) is 5.91 Å². The summed E-state index contributed by atoms with van der Waals surface area (Å²) in [6, 6.07) is 9.13. The number of rotatable bonds is 5. The monoisotopic (exact) mass is 558 g/mol. The van der Waals surface area contributed by atoms with Crippen molar-refractivity contribution >= 4 is 17.2 Å². The highest BCUT2D eigenvalue weighted by Gasteiger charge is 2.32. The Hall–Kier alpha value is -4.20. The molecule has 2 aliphatic rings. The second-order valence-corrected chi connectivity index (χ2v) is 10.7. The fourth-order valence-corrected chi connectivity index (χ4v) is 5.11. The Morgan fingerprint density at radius 1 is 1.05 bits per heavy atom. The minimum atomic E-state index is -4.53. The number of benzene rings is 2. The van der Waals surface area contributed by atoms with Crippen molar-refractivity contribution in [2.45, 2.75) is 31.5 Å². The van der Waals surface area contributed by atoms with Gasteiger partial charge in [-0.2, -0.15) is 13.2 Å². The van der Waals surface area contributed by atoms with Crippen molar-refractivity contribution in [1.82, 2.24) is 24.2 Å². The zero-order chi connectivity index (χ0) is 28.6. The predicted molar refractivity (Wildman–Crippen MR) is 150 cm³/mol. The highest BCUT2D eigenvalue weighted by Crippen LogP contribution is 2.42. The van der Waals surface area contributed by atoms with Crippen LogP contribution in [0.3, 0.4) is 0 Å². The van der Waals surface area contributed by atoms with Crippen LogP contribution in [0.4, 0.5) is 18.9 Å². The average Bonchev–Trinajstić information content (AvgIpc) is 3.72. The van der Waals surface area contributed by atoms with E-state index in [0.29, 0.717) is 34.9 Å². The molecule has 0 atom stereocenters. The fraction of sp³-hybridized carbons (Fsp3) is 0.323. The van der Waals surface area contributed by atoms with Crippen LogP contribution in [0.25, 0.3) is 5.65 Å². The molecule has 0 radical (unpaired) electrons. The van der Waals surface area contributed by atoms with E-state index in [1.54, 1.807) is 43.0 Å². The van der Waals surface area contributed by atoms with Gasteiger partial charge in [0.2, 0.25) is 0 Å². The minimum Gasteiger partial charge on any atom is -0.322 e. The fourth-order valence-electron chi connectivity index (χ4n) is 5.11. The first-order valence-corrected chi connectivity index (χ1v) is 13.6. The molecule has 10 heteroatoms. The molecule has 3 heterocycles. The number of fused-ring (bicyclic) bond motifs is 1. The van der Waals surface area contributed by atoms with Gasteiger partial charge in [0.05, 0.1) is 18.0 Å². The number of piperazine rings is 1. The highest BCUT2D eigenvalue weighted by molar-refractivity contribution is 6.04. The normalized spacial score (nSPS) is 16.4. The molecule has 6 rings (SSSR count). The molecule has 1 aliphatic carbocycles. The Morgan fingerprint density at radius 3 is 2.61 bits per heavy atom. The topological polar surface area (TPSA) is 65.8 Å². The number of nitrogens with zero attached hydrogens (tertiary/aromatic N) is 5. The lowest BCUT2D eigenvalue weighted by Gasteiger charge is -2.32. The van der Waals surface area contributed by atoms with Gasteiger partial charge in [-0.3, -0.25) is 19.1 Å². The summed E-state index contributed by atoms with van der Waals surface area (Å²) in [5.41, 5.74) is 3.35. The largest absolute Gasteiger partial charge is 0.416 e. The van der Waals surface area contributed by atoms with Gasteiger partial charge in [0.1, 0.15) is 5.69 Å². The summed E-state index contributed by atoms with van der Waals surface area (Å²) < 4.78 is 43.1. The summed E-state index contributed by atoms with van der Waals surface area (Å²) in [7, 11) is 2.03. The van der Waals surface area contributed by atoms with Crippen molar-refractivity contribution in [2.75, 3.05) is 38.5 Å². The number of alkyl halides is 3. The van der Waals surface area contributed by atoms with Gasteiger partial charge in [-0.15, -0.1) is 0 Å². The molecule has 1 amide bonds. The lowest BCUT2D eigenvalue weighted by Crippen LogP contribution is -2.43. The maximum Gasteiger partial charge on any atom is 0.416 e. The number of amides is 1. The molecule has 2 fully saturated rings. The maximum absolute atomic E-state index is 13.8. The first-order valence-electron chi connectivity index (χ1n) is 13.6. The quantitative estimate of drug-likeness (QED) is 0.349. The van der Waals surface area contributed by atoms with Crippen LogP contribution >= 0.6 is 0 Å². The summed E-state index contributed by atoms with van der Waals surface area (Å²) in [6.07, 6.45) is 4.35. The number of hydrogen-bond acceptors (Lipinski definition) is 5. The van der Waals surface area contributed by atoms with Gasteiger partial charge < -0.3 is 10.2 Å². The van der Waals surface area contributed by atoms with Crippen LogP contribution < -0.4 is 5.32 Å². The number of aromatic nitrogens is 3. The zero-order valence-electron chi connectivity index (χ0n) is 22.6. The second-order valence-electron chi connectivity index (χ2n) is 10.7. The van der Waals surface area contributed by atoms with Gasteiger partial charge in [-0.25, -0.2) is 4.98 Å². The van der Waals surface area contributed by atoms with Crippen LogP contribution in [0.15, 0.2) is 61.2 Å². The van der Waals surface area contributed by atoms with Gasteiger partial charge in [0.15, 0.2) is 5.65 Å². The molecule has 41 heavy (non-hydrogen) atoms. The van der Waals surface area contributed by atoms with Crippen LogP contribution in [-0.2, 0) is 12.7 Å². The van der Waals surface area contributed by atoms with Crippen LogP contribution in [0.1, 0.15) is 57.1 Å². The van der Waals surface area contributed by atoms with Gasteiger partial charge in [-0.05, 0) is 73.2 Å². The number of anilines is 1. The number of hydrogen-bond donors (Lipinski definition) is 1. The summed E-state index contributed by atoms with van der Waals surface area (Å²) in [4.78, 5) is 26.0. The van der Waals surface area contributed by atoms with Crippen LogP contribution in [0.2, 0.25) is 0 Å². The van der Waals surface area contributed by atoms with Crippen LogP contribution in [-0.4, -0.2) is 63.3 Å². The van der Waals surface area contributed by atoms with Crippen LogP contribution in [0, 0.1) is 11.8 Å². The van der Waals surface area contributed by atoms with Crippen molar-refractivity contribution in [1.29, 1.82) is 0 Å². The van der Waals surface area contributed by atoms with Crippen molar-refractivity contribution in [3.05, 3.63) is 94.7 Å². The third-order valence-electron chi connectivity index (χ3n) is 7.56. The molecule has 0 spiro atoms. The van der Waals surface area contributed by atoms with Gasteiger partial charge in [0, 0.05) is 61.9 Å². The van der Waals surface area contributed by atoms with E-state index in [9.17, 15) is 18.0 Å². The first-order chi connectivity index (χ1) is 19.7. The van der Waals surface area contributed by atoms with E-state index in [0.717, 1.165) is 56.2 Å². The Labute approximate surface area is 236 Å². The minimum absolute atomic E-state index is 0.118. The van der Waals surface area contributed by atoms with E-state index in [2.05, 4.69) is 36.9 Å². The lowest BCUT2D eigenvalue weighted by molar-refractivity contribution is -0.137. The van der Waals surface area contributed by atoms with E-state index in [1.807, 2.05) is 17.5 Å². The van der Waals surface area contributed by atoms with Crippen molar-refractivity contribution in [3.63, 3.8) is 0 Å². The standard InChI is InChI=1S/C31H29F3N6O/c1-38-10-12-39(13-11-38)20-21-14-25(31(32,33)34)17-26(15-21)37-30(41)24-5-7-28(22-2-3-22)23(16-24)4-6-27-18-36-29-19-35-8-9-40(27)29/h5,7-9,14-19,22H,2-3,10-13,20H2,1H3,(H,37,41). The lowest BCUT2D eigenvalue weighted by atomic mass is 10.00. The Kier molecular flexibility index (Phi) is 7.24. The van der Waals surface area contributed by atoms with Gasteiger partial charge >= 0.3 is 6.18 Å². The van der Waals surface area contributed by atoms with Gasteiger partial charge in [-0.1, -0.05) is 12.0 Å². The number of halogens is 3. The van der Waals surface area contributed by atoms with E-state index in [-0.39, 0.29) is 5.69 Å². The Bertz CT molecular complexity index is 1660. The Balaban J connectivity index is 1.26. The Morgan fingerprint density at radius 2 is 1.85 bits per heavy atom. The zero-order valence-corrected chi connectivity index (χ0v) is 22.6. The smallest absolute Gasteiger partial charge is 0.322 e. The average molecular weight is 559 g/mol. The van der Waals surface area contributed by atoms with E-state index >= 15 is 0 Å². The summed E-state index contributed by atoms with van der Waals surface area (Å²) in [5.74, 6) is 6.27. The molecule has 1 N–H and O–H groups in total. The van der Waals surface area contributed by atoms with E-state index < -0.39 is 17.6 Å².